The molecule has 1 spiro atoms. The van der Waals surface area contributed by atoms with Gasteiger partial charge in [0.15, 0.2) is 0 Å². The Labute approximate surface area is 171 Å². The molecule has 0 aliphatic carbocycles. The number of carbonyl (C=O) groups is 2. The summed E-state index contributed by atoms with van der Waals surface area (Å²) in [5.74, 6) is -1.36. The van der Waals surface area contributed by atoms with E-state index < -0.39 is 12.1 Å². The van der Waals surface area contributed by atoms with E-state index in [0.717, 1.165) is 50.5 Å². The Morgan fingerprint density at radius 2 is 1.80 bits per heavy atom. The minimum absolute atomic E-state index is 0.117. The quantitative estimate of drug-likeness (QED) is 0.767. The molecule has 0 unspecified atom stereocenters. The summed E-state index contributed by atoms with van der Waals surface area (Å²) in [4.78, 5) is 30.3. The molecule has 0 radical (unpaired) electrons. The Morgan fingerprint density at radius 1 is 1.20 bits per heavy atom. The number of amides is 1. The van der Waals surface area contributed by atoms with Crippen LogP contribution in [-0.4, -0.2) is 57.2 Å². The number of halogens is 3. The SMILES string of the molecule is Cn1ccnc1CN1CCC2(CC1)CN(c1ccccc1)C2=O.O=C(O)C(F)(F)F. The van der Waals surface area contributed by atoms with Crippen molar-refractivity contribution in [2.75, 3.05) is 24.5 Å². The second-order valence-corrected chi connectivity index (χ2v) is 7.54. The van der Waals surface area contributed by atoms with Crippen molar-refractivity contribution in [3.63, 3.8) is 0 Å². The lowest BCUT2D eigenvalue weighted by Gasteiger charge is -2.52. The van der Waals surface area contributed by atoms with E-state index >= 15 is 0 Å². The zero-order chi connectivity index (χ0) is 21.9. The number of aliphatic carboxylic acids is 1. The fourth-order valence-corrected chi connectivity index (χ4v) is 3.71. The molecule has 162 valence electrons. The van der Waals surface area contributed by atoms with Crippen LogP contribution in [0.25, 0.3) is 0 Å². The number of β-lactam (4-membered cyclic amide) rings is 1. The van der Waals surface area contributed by atoms with Crippen molar-refractivity contribution >= 4 is 17.6 Å². The summed E-state index contributed by atoms with van der Waals surface area (Å²) < 4.78 is 33.8. The number of alkyl halides is 3. The molecule has 1 aromatic carbocycles. The van der Waals surface area contributed by atoms with Crippen molar-refractivity contribution in [1.82, 2.24) is 14.5 Å². The first-order valence-electron chi connectivity index (χ1n) is 9.48. The van der Waals surface area contributed by atoms with Gasteiger partial charge < -0.3 is 14.6 Å². The van der Waals surface area contributed by atoms with Gasteiger partial charge in [0.05, 0.1) is 12.0 Å². The molecule has 2 aliphatic heterocycles. The van der Waals surface area contributed by atoms with Gasteiger partial charge in [0, 0.05) is 31.7 Å². The number of imidazole rings is 1. The van der Waals surface area contributed by atoms with Gasteiger partial charge in [-0.05, 0) is 38.1 Å². The van der Waals surface area contributed by atoms with E-state index in [1.54, 1.807) is 0 Å². The number of piperidine rings is 1. The van der Waals surface area contributed by atoms with E-state index in [-0.39, 0.29) is 5.41 Å². The summed E-state index contributed by atoms with van der Waals surface area (Å²) in [7, 11) is 2.03. The Hall–Kier alpha value is -2.88. The number of carbonyl (C=O) groups excluding carboxylic acids is 1. The monoisotopic (exact) mass is 424 g/mol. The minimum Gasteiger partial charge on any atom is -0.475 e. The van der Waals surface area contributed by atoms with E-state index in [4.69, 9.17) is 9.90 Å². The first-order valence-corrected chi connectivity index (χ1v) is 9.48. The molecule has 3 heterocycles. The summed E-state index contributed by atoms with van der Waals surface area (Å²) in [5, 5.41) is 7.12. The molecule has 2 aromatic rings. The number of likely N-dealkylation sites (tertiary alicyclic amines) is 1. The van der Waals surface area contributed by atoms with E-state index in [2.05, 4.69) is 14.5 Å². The van der Waals surface area contributed by atoms with Gasteiger partial charge in [-0.15, -0.1) is 0 Å². The predicted octanol–water partition coefficient (Wildman–Crippen LogP) is 2.68. The highest BCUT2D eigenvalue weighted by Crippen LogP contribution is 2.43. The Balaban J connectivity index is 0.000000318. The van der Waals surface area contributed by atoms with Gasteiger partial charge in [-0.2, -0.15) is 13.2 Å². The van der Waals surface area contributed by atoms with Crippen LogP contribution in [0.15, 0.2) is 42.7 Å². The van der Waals surface area contributed by atoms with Crippen molar-refractivity contribution in [1.29, 1.82) is 0 Å². The van der Waals surface area contributed by atoms with Gasteiger partial charge >= 0.3 is 12.1 Å². The summed E-state index contributed by atoms with van der Waals surface area (Å²) in [6.07, 6.45) is 0.654. The third-order valence-corrected chi connectivity index (χ3v) is 5.57. The molecule has 0 atom stereocenters. The second-order valence-electron chi connectivity index (χ2n) is 7.54. The molecule has 0 bridgehead atoms. The molecule has 2 fully saturated rings. The molecular formula is C20H23F3N4O3. The number of nitrogens with zero attached hydrogens (tertiary/aromatic N) is 4. The molecule has 1 N–H and O–H groups in total. The molecule has 10 heteroatoms. The van der Waals surface area contributed by atoms with Crippen LogP contribution in [0.5, 0.6) is 0 Å². The minimum atomic E-state index is -5.08. The number of anilines is 1. The fraction of sp³-hybridized carbons (Fsp3) is 0.450. The molecule has 4 rings (SSSR count). The number of hydrogen-bond acceptors (Lipinski definition) is 4. The van der Waals surface area contributed by atoms with E-state index in [1.165, 1.54) is 0 Å². The zero-order valence-corrected chi connectivity index (χ0v) is 16.5. The van der Waals surface area contributed by atoms with E-state index in [0.29, 0.717) is 5.91 Å². The summed E-state index contributed by atoms with van der Waals surface area (Å²) in [6.45, 7) is 3.69. The van der Waals surface area contributed by atoms with Gasteiger partial charge in [0.25, 0.3) is 0 Å². The molecule has 2 aliphatic rings. The molecule has 2 saturated heterocycles. The highest BCUT2D eigenvalue weighted by Gasteiger charge is 2.53. The smallest absolute Gasteiger partial charge is 0.475 e. The van der Waals surface area contributed by atoms with E-state index in [1.807, 2.05) is 54.7 Å². The van der Waals surface area contributed by atoms with E-state index in [9.17, 15) is 18.0 Å². The predicted molar refractivity (Wildman–Crippen MR) is 103 cm³/mol. The van der Waals surface area contributed by atoms with Crippen LogP contribution >= 0.6 is 0 Å². The van der Waals surface area contributed by atoms with Crippen LogP contribution in [0.1, 0.15) is 18.7 Å². The molecule has 30 heavy (non-hydrogen) atoms. The fourth-order valence-electron chi connectivity index (χ4n) is 3.71. The lowest BCUT2D eigenvalue weighted by Crippen LogP contribution is -2.65. The van der Waals surface area contributed by atoms with Crippen LogP contribution in [-0.2, 0) is 23.2 Å². The highest BCUT2D eigenvalue weighted by atomic mass is 19.4. The summed E-state index contributed by atoms with van der Waals surface area (Å²) >= 11 is 0. The van der Waals surface area contributed by atoms with Gasteiger partial charge in [0.2, 0.25) is 5.91 Å². The number of hydrogen-bond donors (Lipinski definition) is 1. The van der Waals surface area contributed by atoms with Crippen molar-refractivity contribution < 1.29 is 27.9 Å². The number of benzene rings is 1. The number of para-hydroxylation sites is 1. The van der Waals surface area contributed by atoms with Crippen LogP contribution < -0.4 is 4.90 Å². The normalized spacial score (nSPS) is 18.5. The van der Waals surface area contributed by atoms with Crippen molar-refractivity contribution in [3.8, 4) is 0 Å². The number of carboxylic acids is 1. The molecule has 7 nitrogen and oxygen atoms in total. The first-order chi connectivity index (χ1) is 14.1. The maximum atomic E-state index is 12.7. The van der Waals surface area contributed by atoms with Crippen LogP contribution in [0.4, 0.5) is 18.9 Å². The molecular weight excluding hydrogens is 401 g/mol. The Bertz CT molecular complexity index is 890. The van der Waals surface area contributed by atoms with Gasteiger partial charge in [-0.25, -0.2) is 9.78 Å². The Morgan fingerprint density at radius 3 is 2.27 bits per heavy atom. The maximum Gasteiger partial charge on any atom is 0.490 e. The van der Waals surface area contributed by atoms with Gasteiger partial charge in [0.1, 0.15) is 5.82 Å². The lowest BCUT2D eigenvalue weighted by atomic mass is 9.71. The van der Waals surface area contributed by atoms with Crippen molar-refractivity contribution in [3.05, 3.63) is 48.5 Å². The Kier molecular flexibility index (Phi) is 6.16. The van der Waals surface area contributed by atoms with Gasteiger partial charge in [-0.1, -0.05) is 18.2 Å². The van der Waals surface area contributed by atoms with Gasteiger partial charge in [-0.3, -0.25) is 9.69 Å². The molecule has 1 amide bonds. The average Bonchev–Trinajstić information content (AvgIpc) is 3.12. The second kappa shape index (κ2) is 8.47. The third kappa shape index (κ3) is 4.64. The summed E-state index contributed by atoms with van der Waals surface area (Å²) in [5.41, 5.74) is 0.909. The topological polar surface area (TPSA) is 78.7 Å². The lowest BCUT2D eigenvalue weighted by molar-refractivity contribution is -0.192. The van der Waals surface area contributed by atoms with Crippen LogP contribution in [0, 0.1) is 5.41 Å². The zero-order valence-electron chi connectivity index (χ0n) is 16.5. The maximum absolute atomic E-state index is 12.7. The third-order valence-electron chi connectivity index (χ3n) is 5.57. The van der Waals surface area contributed by atoms with Crippen molar-refractivity contribution in [2.24, 2.45) is 12.5 Å². The number of carboxylic acid groups (broad SMARTS) is 1. The number of aryl methyl sites for hydroxylation is 1. The summed E-state index contributed by atoms with van der Waals surface area (Å²) in [6, 6.07) is 9.99. The number of aromatic nitrogens is 2. The van der Waals surface area contributed by atoms with Crippen LogP contribution in [0.2, 0.25) is 0 Å². The molecule has 0 saturated carbocycles. The number of rotatable bonds is 3. The molecule has 1 aromatic heterocycles. The largest absolute Gasteiger partial charge is 0.490 e. The standard InChI is InChI=1S/C18H22N4O.C2HF3O2/c1-20-12-9-19-16(20)13-21-10-7-18(8-11-21)14-22(17(18)23)15-5-3-2-4-6-15;3-2(4,5)1(6)7/h2-6,9,12H,7-8,10-11,13-14H2,1H3;(H,6,7). The van der Waals surface area contributed by atoms with Crippen LogP contribution in [0.3, 0.4) is 0 Å². The van der Waals surface area contributed by atoms with Crippen molar-refractivity contribution in [2.45, 2.75) is 25.6 Å². The first kappa shape index (κ1) is 21.8. The highest BCUT2D eigenvalue weighted by molar-refractivity contribution is 6.04. The average molecular weight is 424 g/mol.